The van der Waals surface area contributed by atoms with Crippen LogP contribution in [-0.2, 0) is 11.8 Å². The van der Waals surface area contributed by atoms with Crippen molar-refractivity contribution >= 4 is 29.0 Å². The number of carbonyl (C=O) groups excluding carboxylic acids is 1. The van der Waals surface area contributed by atoms with Crippen molar-refractivity contribution in [3.05, 3.63) is 59.1 Å². The van der Waals surface area contributed by atoms with Crippen molar-refractivity contribution in [2.75, 3.05) is 12.8 Å². The fourth-order valence-corrected chi connectivity index (χ4v) is 3.26. The molecule has 0 radical (unpaired) electrons. The molecule has 3 heterocycles. The van der Waals surface area contributed by atoms with Crippen molar-refractivity contribution in [2.45, 2.75) is 0 Å². The highest BCUT2D eigenvalue weighted by atomic mass is 35.5. The Morgan fingerprint density at radius 1 is 1.24 bits per heavy atom. The Bertz CT molecular complexity index is 1280. The summed E-state index contributed by atoms with van der Waals surface area (Å²) in [6.45, 7) is 0. The predicted octanol–water partition coefficient (Wildman–Crippen LogP) is 3.70. The summed E-state index contributed by atoms with van der Waals surface area (Å²) in [7, 11) is 2.93. The molecule has 0 bridgehead atoms. The summed E-state index contributed by atoms with van der Waals surface area (Å²) >= 11 is 6.26. The number of rotatable bonds is 3. The van der Waals surface area contributed by atoms with Gasteiger partial charge >= 0.3 is 5.97 Å². The van der Waals surface area contributed by atoms with Gasteiger partial charge in [0.2, 0.25) is 0 Å². The number of hydrogen-bond acceptors (Lipinski definition) is 5. The van der Waals surface area contributed by atoms with Crippen LogP contribution in [0.25, 0.3) is 28.2 Å². The molecule has 0 fully saturated rings. The Morgan fingerprint density at radius 3 is 2.66 bits per heavy atom. The van der Waals surface area contributed by atoms with Gasteiger partial charge in [0, 0.05) is 18.8 Å². The van der Waals surface area contributed by atoms with E-state index < -0.39 is 17.6 Å². The number of benzene rings is 1. The Labute approximate surface area is 168 Å². The highest BCUT2D eigenvalue weighted by Crippen LogP contribution is 2.39. The van der Waals surface area contributed by atoms with Gasteiger partial charge in [0.25, 0.3) is 0 Å². The van der Waals surface area contributed by atoms with Crippen LogP contribution in [0.4, 0.5) is 14.6 Å². The fourth-order valence-electron chi connectivity index (χ4n) is 3.07. The Morgan fingerprint density at radius 2 is 2.00 bits per heavy atom. The van der Waals surface area contributed by atoms with Gasteiger partial charge in [-0.3, -0.25) is 4.40 Å². The van der Waals surface area contributed by atoms with E-state index in [4.69, 9.17) is 22.1 Å². The molecule has 0 saturated carbocycles. The van der Waals surface area contributed by atoms with Crippen LogP contribution in [0.3, 0.4) is 0 Å². The molecule has 10 heteroatoms. The van der Waals surface area contributed by atoms with Crippen LogP contribution in [0, 0.1) is 11.6 Å². The van der Waals surface area contributed by atoms with Gasteiger partial charge in [0.1, 0.15) is 28.0 Å². The molecule has 0 atom stereocenters. The molecule has 148 valence electrons. The molecule has 0 unspecified atom stereocenters. The van der Waals surface area contributed by atoms with E-state index in [1.54, 1.807) is 7.05 Å². The molecule has 0 aliphatic carbocycles. The molecular formula is C19H14ClF2N5O2. The lowest BCUT2D eigenvalue weighted by Crippen LogP contribution is -2.02. The van der Waals surface area contributed by atoms with Gasteiger partial charge in [-0.25, -0.2) is 23.5 Å². The molecule has 4 rings (SSSR count). The third-order valence-electron chi connectivity index (χ3n) is 4.54. The average molecular weight is 418 g/mol. The topological polar surface area (TPSA) is 87.4 Å². The molecule has 3 aromatic heterocycles. The molecule has 0 amide bonds. The van der Waals surface area contributed by atoms with Gasteiger partial charge in [-0.05, 0) is 24.3 Å². The number of methoxy groups -OCH3 is 1. The Kier molecular flexibility index (Phi) is 4.46. The van der Waals surface area contributed by atoms with Gasteiger partial charge < -0.3 is 15.0 Å². The first kappa shape index (κ1) is 18.9. The zero-order valence-corrected chi connectivity index (χ0v) is 16.0. The molecule has 0 aliphatic heterocycles. The van der Waals surface area contributed by atoms with Crippen LogP contribution in [0.15, 0.2) is 36.8 Å². The molecule has 4 aromatic rings. The molecule has 0 aliphatic rings. The molecule has 0 saturated heterocycles. The predicted molar refractivity (Wildman–Crippen MR) is 104 cm³/mol. The summed E-state index contributed by atoms with van der Waals surface area (Å²) in [6.07, 6.45) is 2.95. The van der Waals surface area contributed by atoms with E-state index in [2.05, 4.69) is 9.97 Å². The monoisotopic (exact) mass is 417 g/mol. The number of hydrogen-bond donors (Lipinski definition) is 1. The van der Waals surface area contributed by atoms with Crippen LogP contribution >= 0.6 is 11.6 Å². The second-order valence-corrected chi connectivity index (χ2v) is 6.62. The third-order valence-corrected chi connectivity index (χ3v) is 4.98. The summed E-state index contributed by atoms with van der Waals surface area (Å²) in [5.41, 5.74) is 7.00. The first-order valence-corrected chi connectivity index (χ1v) is 8.72. The van der Waals surface area contributed by atoms with E-state index >= 15 is 0 Å². The fraction of sp³-hybridized carbons (Fsp3) is 0.105. The number of anilines is 1. The van der Waals surface area contributed by atoms with E-state index in [-0.39, 0.29) is 44.7 Å². The number of halogens is 3. The average Bonchev–Trinajstić information content (AvgIpc) is 3.22. The molecule has 29 heavy (non-hydrogen) atoms. The number of fused-ring (bicyclic) bond motifs is 1. The lowest BCUT2D eigenvalue weighted by Gasteiger charge is -2.09. The molecule has 1 aromatic carbocycles. The molecule has 2 N–H and O–H groups in total. The minimum atomic E-state index is -1.13. The number of nitrogen functional groups attached to an aromatic ring is 1. The van der Waals surface area contributed by atoms with Crippen LogP contribution in [0.5, 0.6) is 0 Å². The highest BCUT2D eigenvalue weighted by Gasteiger charge is 2.25. The summed E-state index contributed by atoms with van der Waals surface area (Å²) in [5, 5.41) is 0.243. The van der Waals surface area contributed by atoms with Gasteiger partial charge in [-0.2, -0.15) is 0 Å². The summed E-state index contributed by atoms with van der Waals surface area (Å²) < 4.78 is 36.7. The van der Waals surface area contributed by atoms with Gasteiger partial charge in [0.05, 0.1) is 24.6 Å². The van der Waals surface area contributed by atoms with Crippen LogP contribution in [0.2, 0.25) is 5.15 Å². The first-order chi connectivity index (χ1) is 13.8. The second kappa shape index (κ2) is 6.85. The smallest absolute Gasteiger partial charge is 0.338 e. The molecular weight excluding hydrogens is 404 g/mol. The molecule has 0 spiro atoms. The van der Waals surface area contributed by atoms with Gasteiger partial charge in [-0.15, -0.1) is 0 Å². The zero-order chi connectivity index (χ0) is 20.9. The summed E-state index contributed by atoms with van der Waals surface area (Å²) in [4.78, 5) is 20.3. The first-order valence-electron chi connectivity index (χ1n) is 8.35. The summed E-state index contributed by atoms with van der Waals surface area (Å²) in [6, 6.07) is 5.28. The number of aryl methyl sites for hydroxylation is 1. The van der Waals surface area contributed by atoms with Gasteiger partial charge in [-0.1, -0.05) is 11.6 Å². The van der Waals surface area contributed by atoms with Crippen LogP contribution in [0.1, 0.15) is 10.4 Å². The van der Waals surface area contributed by atoms with Crippen molar-refractivity contribution in [3.8, 4) is 22.5 Å². The lowest BCUT2D eigenvalue weighted by atomic mass is 10.0. The van der Waals surface area contributed by atoms with E-state index in [0.717, 1.165) is 6.07 Å². The van der Waals surface area contributed by atoms with Crippen molar-refractivity contribution < 1.29 is 18.3 Å². The lowest BCUT2D eigenvalue weighted by molar-refractivity contribution is 0.0600. The normalized spacial score (nSPS) is 11.2. The number of nitrogens with two attached hydrogens (primary N) is 1. The van der Waals surface area contributed by atoms with E-state index in [1.807, 2.05) is 0 Å². The number of nitrogens with zero attached hydrogens (tertiary/aromatic N) is 4. The van der Waals surface area contributed by atoms with Crippen LogP contribution < -0.4 is 5.73 Å². The maximum Gasteiger partial charge on any atom is 0.338 e. The SMILES string of the molecule is COC(=O)c1ccn2c(N)c(-c3c(-c4ncn(C)c4Cl)ccc(F)c3F)nc2c1. The van der Waals surface area contributed by atoms with Crippen molar-refractivity contribution in [1.29, 1.82) is 0 Å². The molecule has 7 nitrogen and oxygen atoms in total. The Balaban J connectivity index is 2.00. The Hall–Kier alpha value is -3.46. The number of aromatic nitrogens is 4. The van der Waals surface area contributed by atoms with Crippen molar-refractivity contribution in [3.63, 3.8) is 0 Å². The number of esters is 1. The third kappa shape index (κ3) is 2.90. The van der Waals surface area contributed by atoms with Crippen LogP contribution in [-0.4, -0.2) is 32.0 Å². The number of ether oxygens (including phenoxy) is 1. The minimum absolute atomic E-state index is 0.000681. The number of carbonyl (C=O) groups is 1. The largest absolute Gasteiger partial charge is 0.465 e. The van der Waals surface area contributed by atoms with Gasteiger partial charge in [0.15, 0.2) is 11.6 Å². The standard InChI is InChI=1S/C19H14ClF2N5O2/c1-26-8-24-15(17(26)20)10-3-4-11(21)14(22)13(10)16-18(23)27-6-5-9(19(28)29-2)7-12(27)25-16/h3-8H,23H2,1-2H3. The van der Waals surface area contributed by atoms with E-state index in [1.165, 1.54) is 46.8 Å². The summed E-state index contributed by atoms with van der Waals surface area (Å²) in [5.74, 6) is -2.70. The number of imidazole rings is 2. The maximum atomic E-state index is 14.9. The van der Waals surface area contributed by atoms with E-state index in [0.29, 0.717) is 0 Å². The maximum absolute atomic E-state index is 14.9. The van der Waals surface area contributed by atoms with Crippen molar-refractivity contribution in [1.82, 2.24) is 18.9 Å². The number of pyridine rings is 1. The van der Waals surface area contributed by atoms with E-state index in [9.17, 15) is 13.6 Å². The van der Waals surface area contributed by atoms with Crippen molar-refractivity contribution in [2.24, 2.45) is 7.05 Å². The zero-order valence-electron chi connectivity index (χ0n) is 15.3. The quantitative estimate of drug-likeness (QED) is 0.513. The minimum Gasteiger partial charge on any atom is -0.465 e. The second-order valence-electron chi connectivity index (χ2n) is 6.26. The highest BCUT2D eigenvalue weighted by molar-refractivity contribution is 6.32.